The van der Waals surface area contributed by atoms with Gasteiger partial charge in [-0.15, -0.1) is 0 Å². The zero-order chi connectivity index (χ0) is 11.9. The van der Waals surface area contributed by atoms with E-state index >= 15 is 0 Å². The van der Waals surface area contributed by atoms with Gasteiger partial charge < -0.3 is 5.11 Å². The first kappa shape index (κ1) is 11.9. The van der Waals surface area contributed by atoms with Crippen molar-refractivity contribution in [1.82, 2.24) is 4.31 Å². The summed E-state index contributed by atoms with van der Waals surface area (Å²) in [6, 6.07) is -0.923. The van der Waals surface area contributed by atoms with Crippen molar-refractivity contribution in [3.8, 4) is 0 Å². The lowest BCUT2D eigenvalue weighted by Gasteiger charge is -2.30. The van der Waals surface area contributed by atoms with Gasteiger partial charge in [-0.25, -0.2) is 8.42 Å². The molecule has 1 aliphatic heterocycles. The summed E-state index contributed by atoms with van der Waals surface area (Å²) in [6.07, 6.45) is 5.44. The molecule has 0 spiro atoms. The third-order valence-electron chi connectivity index (χ3n) is 3.70. The average Bonchev–Trinajstić information content (AvgIpc) is 2.55. The van der Waals surface area contributed by atoms with Crippen molar-refractivity contribution < 1.29 is 18.3 Å². The third kappa shape index (κ3) is 1.96. The Morgan fingerprint density at radius 3 is 2.50 bits per heavy atom. The fraction of sp³-hybridized carbons (Fsp3) is 0.900. The van der Waals surface area contributed by atoms with E-state index in [-0.39, 0.29) is 12.0 Å². The maximum atomic E-state index is 11.7. The van der Waals surface area contributed by atoms with E-state index in [2.05, 4.69) is 0 Å². The van der Waals surface area contributed by atoms with Crippen LogP contribution in [-0.4, -0.2) is 42.1 Å². The van der Waals surface area contributed by atoms with E-state index in [1.807, 2.05) is 0 Å². The van der Waals surface area contributed by atoms with Crippen LogP contribution in [0.2, 0.25) is 0 Å². The summed E-state index contributed by atoms with van der Waals surface area (Å²) in [5, 5.41) is 9.09. The van der Waals surface area contributed by atoms with Gasteiger partial charge in [0.1, 0.15) is 6.04 Å². The van der Waals surface area contributed by atoms with E-state index in [4.69, 9.17) is 5.11 Å². The second-order valence-electron chi connectivity index (χ2n) is 4.79. The molecule has 16 heavy (non-hydrogen) atoms. The molecule has 6 heteroatoms. The highest BCUT2D eigenvalue weighted by molar-refractivity contribution is 7.88. The number of hydrogen-bond donors (Lipinski definition) is 1. The monoisotopic (exact) mass is 247 g/mol. The van der Waals surface area contributed by atoms with Crippen LogP contribution in [-0.2, 0) is 14.8 Å². The number of nitrogens with zero attached hydrogens (tertiary/aromatic N) is 1. The minimum atomic E-state index is -3.41. The number of rotatable bonds is 2. The molecule has 1 saturated carbocycles. The Hall–Kier alpha value is -0.620. The molecular formula is C10H17NO4S. The molecule has 1 heterocycles. The summed E-state index contributed by atoms with van der Waals surface area (Å²) in [4.78, 5) is 11.1. The topological polar surface area (TPSA) is 74.7 Å². The summed E-state index contributed by atoms with van der Waals surface area (Å²) < 4.78 is 24.6. The maximum absolute atomic E-state index is 11.7. The molecule has 92 valence electrons. The van der Waals surface area contributed by atoms with Crippen molar-refractivity contribution in [3.63, 3.8) is 0 Å². The lowest BCUT2D eigenvalue weighted by molar-refractivity contribution is -0.140. The van der Waals surface area contributed by atoms with Crippen molar-refractivity contribution in [3.05, 3.63) is 0 Å². The molecule has 2 aliphatic rings. The van der Waals surface area contributed by atoms with Crippen LogP contribution in [0, 0.1) is 5.92 Å². The van der Waals surface area contributed by atoms with Crippen LogP contribution in [0.15, 0.2) is 0 Å². The van der Waals surface area contributed by atoms with Crippen molar-refractivity contribution in [1.29, 1.82) is 0 Å². The Balaban J connectivity index is 2.32. The van der Waals surface area contributed by atoms with E-state index in [0.717, 1.165) is 31.9 Å². The van der Waals surface area contributed by atoms with Crippen LogP contribution < -0.4 is 0 Å². The van der Waals surface area contributed by atoms with Crippen LogP contribution in [0.4, 0.5) is 0 Å². The number of carboxylic acids is 1. The fourth-order valence-corrected chi connectivity index (χ4v) is 4.51. The SMILES string of the molecule is CS(=O)(=O)N1[C@@H]2CCCC[C@H]2C[C@H]1C(=O)O. The number of aliphatic carboxylic acids is 1. The van der Waals surface area contributed by atoms with Gasteiger partial charge in [0.05, 0.1) is 6.26 Å². The molecule has 3 atom stereocenters. The zero-order valence-electron chi connectivity index (χ0n) is 9.30. The van der Waals surface area contributed by atoms with Crippen LogP contribution >= 0.6 is 0 Å². The molecule has 1 saturated heterocycles. The molecule has 0 bridgehead atoms. The lowest BCUT2D eigenvalue weighted by atomic mass is 9.85. The molecule has 1 aliphatic carbocycles. The van der Waals surface area contributed by atoms with Crippen molar-refractivity contribution >= 4 is 16.0 Å². The van der Waals surface area contributed by atoms with E-state index in [1.165, 1.54) is 4.31 Å². The summed E-state index contributed by atoms with van der Waals surface area (Å²) in [6.45, 7) is 0. The predicted molar refractivity (Wildman–Crippen MR) is 58.5 cm³/mol. The predicted octanol–water partition coefficient (Wildman–Crippen LogP) is 0.664. The number of carboxylic acid groups (broad SMARTS) is 1. The zero-order valence-corrected chi connectivity index (χ0v) is 10.1. The Morgan fingerprint density at radius 1 is 1.31 bits per heavy atom. The number of fused-ring (bicyclic) bond motifs is 1. The third-order valence-corrected chi connectivity index (χ3v) is 4.99. The molecule has 0 aromatic heterocycles. The number of sulfonamides is 1. The van der Waals surface area contributed by atoms with E-state index < -0.39 is 22.0 Å². The fourth-order valence-electron chi connectivity index (χ4n) is 3.11. The van der Waals surface area contributed by atoms with Gasteiger partial charge in [-0.3, -0.25) is 4.79 Å². The van der Waals surface area contributed by atoms with E-state index in [0.29, 0.717) is 6.42 Å². The Bertz CT molecular complexity index is 392. The lowest BCUT2D eigenvalue weighted by Crippen LogP contribution is -2.45. The highest BCUT2D eigenvalue weighted by Gasteiger charge is 2.49. The normalized spacial score (nSPS) is 35.9. The average molecular weight is 247 g/mol. The van der Waals surface area contributed by atoms with Gasteiger partial charge in [-0.05, 0) is 25.2 Å². The van der Waals surface area contributed by atoms with E-state index in [1.54, 1.807) is 0 Å². The van der Waals surface area contributed by atoms with Gasteiger partial charge in [-0.1, -0.05) is 12.8 Å². The second kappa shape index (κ2) is 4.00. The first-order valence-corrected chi connectivity index (χ1v) is 7.47. The highest BCUT2D eigenvalue weighted by Crippen LogP contribution is 2.40. The Kier molecular flexibility index (Phi) is 2.96. The molecule has 5 nitrogen and oxygen atoms in total. The summed E-state index contributed by atoms with van der Waals surface area (Å²) in [5.41, 5.74) is 0. The maximum Gasteiger partial charge on any atom is 0.322 e. The molecule has 0 aromatic carbocycles. The molecule has 0 radical (unpaired) electrons. The smallest absolute Gasteiger partial charge is 0.322 e. The van der Waals surface area contributed by atoms with Gasteiger partial charge in [0.15, 0.2) is 0 Å². The highest BCUT2D eigenvalue weighted by atomic mass is 32.2. The number of hydrogen-bond acceptors (Lipinski definition) is 3. The molecule has 0 unspecified atom stereocenters. The minimum Gasteiger partial charge on any atom is -0.480 e. The summed E-state index contributed by atoms with van der Waals surface area (Å²) in [7, 11) is -3.41. The molecule has 0 aromatic rings. The molecule has 0 amide bonds. The quantitative estimate of drug-likeness (QED) is 0.778. The first-order valence-electron chi connectivity index (χ1n) is 5.62. The van der Waals surface area contributed by atoms with Gasteiger partial charge in [-0.2, -0.15) is 4.31 Å². The van der Waals surface area contributed by atoms with Gasteiger partial charge in [0, 0.05) is 6.04 Å². The first-order chi connectivity index (χ1) is 7.41. The van der Waals surface area contributed by atoms with Crippen LogP contribution in [0.5, 0.6) is 0 Å². The van der Waals surface area contributed by atoms with Crippen LogP contribution in [0.3, 0.4) is 0 Å². The molecular weight excluding hydrogens is 230 g/mol. The van der Waals surface area contributed by atoms with Crippen molar-refractivity contribution in [2.45, 2.75) is 44.2 Å². The van der Waals surface area contributed by atoms with Crippen LogP contribution in [0.25, 0.3) is 0 Å². The molecule has 1 N–H and O–H groups in total. The van der Waals surface area contributed by atoms with E-state index in [9.17, 15) is 13.2 Å². The Morgan fingerprint density at radius 2 is 1.94 bits per heavy atom. The minimum absolute atomic E-state index is 0.0788. The summed E-state index contributed by atoms with van der Waals surface area (Å²) in [5.74, 6) is -0.774. The van der Waals surface area contributed by atoms with Crippen LogP contribution in [0.1, 0.15) is 32.1 Å². The standard InChI is InChI=1S/C10H17NO4S/c1-16(14,15)11-8-5-3-2-4-7(8)6-9(11)10(12)13/h7-9H,2-6H2,1H3,(H,12,13)/t7-,8+,9-/m0/s1. The molecule has 2 rings (SSSR count). The van der Waals surface area contributed by atoms with Gasteiger partial charge in [0.2, 0.25) is 10.0 Å². The largest absolute Gasteiger partial charge is 0.480 e. The number of carbonyl (C=O) groups is 1. The van der Waals surface area contributed by atoms with Crippen molar-refractivity contribution in [2.75, 3.05) is 6.26 Å². The Labute approximate surface area is 95.5 Å². The molecule has 2 fully saturated rings. The van der Waals surface area contributed by atoms with Crippen molar-refractivity contribution in [2.24, 2.45) is 5.92 Å². The van der Waals surface area contributed by atoms with Gasteiger partial charge in [0.25, 0.3) is 0 Å². The second-order valence-corrected chi connectivity index (χ2v) is 6.68. The van der Waals surface area contributed by atoms with Gasteiger partial charge >= 0.3 is 5.97 Å². The summed E-state index contributed by atoms with van der Waals surface area (Å²) >= 11 is 0.